The van der Waals surface area contributed by atoms with E-state index in [1.807, 2.05) is 59.8 Å². The molecule has 36 heavy (non-hydrogen) atoms. The summed E-state index contributed by atoms with van der Waals surface area (Å²) in [6, 6.07) is 11.8. The van der Waals surface area contributed by atoms with Crippen molar-refractivity contribution in [3.63, 3.8) is 0 Å². The lowest BCUT2D eigenvalue weighted by Crippen LogP contribution is -2.28. The van der Waals surface area contributed by atoms with E-state index in [4.69, 9.17) is 9.72 Å². The van der Waals surface area contributed by atoms with Crippen LogP contribution >= 0.6 is 0 Å². The molecule has 0 spiro atoms. The third-order valence-corrected chi connectivity index (χ3v) is 7.12. The number of rotatable bonds is 5. The third kappa shape index (κ3) is 3.49. The summed E-state index contributed by atoms with van der Waals surface area (Å²) in [5.74, 6) is 3.00. The fourth-order valence-electron chi connectivity index (χ4n) is 4.98. The smallest absolute Gasteiger partial charge is 0.226 e. The van der Waals surface area contributed by atoms with Crippen molar-refractivity contribution in [3.05, 3.63) is 60.8 Å². The van der Waals surface area contributed by atoms with Gasteiger partial charge in [0.25, 0.3) is 0 Å². The standard InChI is InChI=1S/C26H24N8O2/c1-15-7-17(3-6-22(15)36-18-4-5-21-19(8-18)30-14-33(21)2)31-24-23-20(28-13-29-24)10-27-25(32-23)34-11-16-9-26(16,35)12-34/h3-8,10,13-14,16,35H,9,11-12H2,1-2H3,(H,28,29,31). The van der Waals surface area contributed by atoms with Gasteiger partial charge in [0.2, 0.25) is 5.95 Å². The molecule has 180 valence electrons. The Hall–Kier alpha value is -4.31. The first-order valence-corrected chi connectivity index (χ1v) is 11.9. The maximum absolute atomic E-state index is 10.4. The Balaban J connectivity index is 1.14. The lowest BCUT2D eigenvalue weighted by molar-refractivity contribution is 0.158. The first-order valence-electron chi connectivity index (χ1n) is 11.9. The average Bonchev–Trinajstić information content (AvgIpc) is 3.17. The molecule has 2 atom stereocenters. The fraction of sp³-hybridized carbons (Fsp3) is 0.269. The van der Waals surface area contributed by atoms with Crippen molar-refractivity contribution in [1.82, 2.24) is 29.5 Å². The van der Waals surface area contributed by atoms with Crippen molar-refractivity contribution < 1.29 is 9.84 Å². The lowest BCUT2D eigenvalue weighted by atomic mass is 10.2. The Bertz CT molecular complexity index is 1650. The van der Waals surface area contributed by atoms with Crippen molar-refractivity contribution >= 4 is 39.5 Å². The van der Waals surface area contributed by atoms with Gasteiger partial charge in [0.05, 0.1) is 29.2 Å². The first kappa shape index (κ1) is 21.0. The van der Waals surface area contributed by atoms with Crippen LogP contribution < -0.4 is 15.0 Å². The molecule has 7 rings (SSSR count). The van der Waals surface area contributed by atoms with Crippen LogP contribution in [0.3, 0.4) is 0 Å². The second kappa shape index (κ2) is 7.59. The number of β-amino-alcohol motifs (C(OH)–C–C–N with tert-alkyl or cyclic N) is 1. The highest BCUT2D eigenvalue weighted by Crippen LogP contribution is 2.49. The molecule has 0 bridgehead atoms. The molecular formula is C26H24N8O2. The summed E-state index contributed by atoms with van der Waals surface area (Å²) in [5.41, 5.74) is 4.49. The zero-order chi connectivity index (χ0) is 24.4. The van der Waals surface area contributed by atoms with E-state index in [1.54, 1.807) is 12.5 Å². The third-order valence-electron chi connectivity index (χ3n) is 7.12. The van der Waals surface area contributed by atoms with Crippen molar-refractivity contribution in [2.75, 3.05) is 23.3 Å². The Kier molecular flexibility index (Phi) is 4.43. The predicted octanol–water partition coefficient (Wildman–Crippen LogP) is 3.72. The van der Waals surface area contributed by atoms with Gasteiger partial charge in [0, 0.05) is 37.8 Å². The van der Waals surface area contributed by atoms with Crippen molar-refractivity contribution in [2.45, 2.75) is 18.9 Å². The molecule has 0 radical (unpaired) electrons. The van der Waals surface area contributed by atoms with Crippen molar-refractivity contribution in [2.24, 2.45) is 13.0 Å². The minimum atomic E-state index is -0.572. The molecule has 5 aromatic rings. The molecule has 2 fully saturated rings. The summed E-state index contributed by atoms with van der Waals surface area (Å²) in [6.45, 7) is 3.33. The number of nitrogens with zero attached hydrogens (tertiary/aromatic N) is 7. The zero-order valence-corrected chi connectivity index (χ0v) is 19.9. The molecular weight excluding hydrogens is 456 g/mol. The number of hydrogen-bond donors (Lipinski definition) is 2. The monoisotopic (exact) mass is 480 g/mol. The summed E-state index contributed by atoms with van der Waals surface area (Å²) < 4.78 is 8.12. The molecule has 1 aliphatic heterocycles. The normalized spacial score (nSPS) is 20.6. The van der Waals surface area contributed by atoms with Gasteiger partial charge >= 0.3 is 0 Å². The number of aliphatic hydroxyl groups is 1. The molecule has 3 aromatic heterocycles. The maximum Gasteiger partial charge on any atom is 0.226 e. The van der Waals surface area contributed by atoms with Crippen molar-refractivity contribution in [3.8, 4) is 11.5 Å². The second-order valence-corrected chi connectivity index (χ2v) is 9.72. The molecule has 10 nitrogen and oxygen atoms in total. The minimum absolute atomic E-state index is 0.316. The van der Waals surface area contributed by atoms with Crippen LogP contribution in [0.2, 0.25) is 0 Å². The lowest BCUT2D eigenvalue weighted by Gasteiger charge is -2.19. The van der Waals surface area contributed by atoms with Gasteiger partial charge in [0.1, 0.15) is 28.9 Å². The number of fused-ring (bicyclic) bond motifs is 3. The highest BCUT2D eigenvalue weighted by Gasteiger charge is 2.59. The number of hydrogen-bond acceptors (Lipinski definition) is 9. The van der Waals surface area contributed by atoms with Gasteiger partial charge < -0.3 is 24.6 Å². The van der Waals surface area contributed by atoms with Crippen LogP contribution in [0, 0.1) is 12.8 Å². The van der Waals surface area contributed by atoms with E-state index in [1.165, 1.54) is 6.33 Å². The largest absolute Gasteiger partial charge is 0.457 e. The molecule has 1 saturated carbocycles. The van der Waals surface area contributed by atoms with E-state index in [9.17, 15) is 5.11 Å². The van der Waals surface area contributed by atoms with Gasteiger partial charge in [-0.1, -0.05) is 0 Å². The number of piperidine rings is 1. The molecule has 2 aliphatic rings. The minimum Gasteiger partial charge on any atom is -0.457 e. The Morgan fingerprint density at radius 1 is 1.08 bits per heavy atom. The Morgan fingerprint density at radius 3 is 2.83 bits per heavy atom. The SMILES string of the molecule is Cc1cc(Nc2ncnc3cnc(N4CC5CC5(O)C4)nc23)ccc1Oc1ccc2c(c1)ncn2C. The molecule has 2 unspecified atom stereocenters. The highest BCUT2D eigenvalue weighted by atomic mass is 16.5. The molecule has 1 saturated heterocycles. The molecule has 0 amide bonds. The second-order valence-electron chi connectivity index (χ2n) is 9.72. The number of imidazole rings is 1. The van der Waals surface area contributed by atoms with Gasteiger partial charge in [-0.15, -0.1) is 0 Å². The maximum atomic E-state index is 10.4. The number of aromatic nitrogens is 6. The fourth-order valence-corrected chi connectivity index (χ4v) is 4.98. The predicted molar refractivity (Wildman–Crippen MR) is 136 cm³/mol. The summed E-state index contributed by atoms with van der Waals surface area (Å²) in [7, 11) is 1.97. The number of aryl methyl sites for hydroxylation is 2. The van der Waals surface area contributed by atoms with E-state index in [0.717, 1.165) is 46.7 Å². The van der Waals surface area contributed by atoms with Gasteiger partial charge in [-0.05, 0) is 49.2 Å². The van der Waals surface area contributed by atoms with Crippen LogP contribution in [0.5, 0.6) is 11.5 Å². The Labute approximate surface area is 206 Å². The van der Waals surface area contributed by atoms with Crippen LogP contribution in [0.15, 0.2) is 55.2 Å². The van der Waals surface area contributed by atoms with E-state index >= 15 is 0 Å². The summed E-state index contributed by atoms with van der Waals surface area (Å²) >= 11 is 0. The molecule has 4 heterocycles. The van der Waals surface area contributed by atoms with Crippen LogP contribution in [0.25, 0.3) is 22.1 Å². The quantitative estimate of drug-likeness (QED) is 0.388. The van der Waals surface area contributed by atoms with Gasteiger partial charge in [0.15, 0.2) is 5.82 Å². The zero-order valence-electron chi connectivity index (χ0n) is 19.9. The molecule has 2 N–H and O–H groups in total. The molecule has 2 aromatic carbocycles. The summed E-state index contributed by atoms with van der Waals surface area (Å²) in [6.07, 6.45) is 5.87. The number of nitrogens with one attached hydrogen (secondary N) is 1. The van der Waals surface area contributed by atoms with Crippen LogP contribution in [0.4, 0.5) is 17.5 Å². The number of ether oxygens (including phenoxy) is 1. The van der Waals surface area contributed by atoms with Crippen molar-refractivity contribution in [1.29, 1.82) is 0 Å². The topological polar surface area (TPSA) is 114 Å². The highest BCUT2D eigenvalue weighted by molar-refractivity contribution is 5.87. The van der Waals surface area contributed by atoms with Crippen LogP contribution in [-0.2, 0) is 7.05 Å². The van der Waals surface area contributed by atoms with E-state index in [-0.39, 0.29) is 0 Å². The van der Waals surface area contributed by atoms with Gasteiger partial charge in [-0.2, -0.15) is 0 Å². The number of anilines is 3. The first-order chi connectivity index (χ1) is 17.4. The Morgan fingerprint density at radius 2 is 2.00 bits per heavy atom. The van der Waals surface area contributed by atoms with Gasteiger partial charge in [-0.25, -0.2) is 24.9 Å². The van der Waals surface area contributed by atoms with Crippen LogP contribution in [0.1, 0.15) is 12.0 Å². The van der Waals surface area contributed by atoms with Crippen LogP contribution in [-0.4, -0.2) is 53.3 Å². The number of benzene rings is 2. The summed E-state index contributed by atoms with van der Waals surface area (Å²) in [4.78, 5) is 24.4. The van der Waals surface area contributed by atoms with Gasteiger partial charge in [-0.3, -0.25) is 0 Å². The molecule has 1 aliphatic carbocycles. The van der Waals surface area contributed by atoms with E-state index in [0.29, 0.717) is 35.3 Å². The van der Waals surface area contributed by atoms with E-state index in [2.05, 4.69) is 25.3 Å². The summed E-state index contributed by atoms with van der Waals surface area (Å²) in [5, 5.41) is 13.8. The van der Waals surface area contributed by atoms with E-state index < -0.39 is 5.60 Å². The average molecular weight is 481 g/mol. The molecule has 10 heteroatoms.